The molecule has 5 heteroatoms. The van der Waals surface area contributed by atoms with Gasteiger partial charge in [-0.2, -0.15) is 0 Å². The maximum absolute atomic E-state index is 9.05. The van der Waals surface area contributed by atoms with Crippen LogP contribution in [0.2, 0.25) is 0 Å². The van der Waals surface area contributed by atoms with Gasteiger partial charge in [0.05, 0.1) is 24.5 Å². The second-order valence-corrected chi connectivity index (χ2v) is 4.10. The lowest BCUT2D eigenvalue weighted by Gasteiger charge is -2.13. The molecule has 0 aliphatic heterocycles. The molecule has 0 bridgehead atoms. The number of nitrogens with one attached hydrogen (secondary N) is 1. The smallest absolute Gasteiger partial charge is 0.145 e. The third kappa shape index (κ3) is 1.97. The van der Waals surface area contributed by atoms with Gasteiger partial charge in [0.1, 0.15) is 10.4 Å². The minimum Gasteiger partial charge on any atom is -0.394 e. The number of rotatable bonds is 3. The monoisotopic (exact) mass is 243 g/mol. The molecule has 70 valence electrons. The zero-order valence-electron chi connectivity index (χ0n) is 7.00. The van der Waals surface area contributed by atoms with Crippen molar-refractivity contribution in [2.24, 2.45) is 0 Å². The molecule has 0 radical (unpaired) electrons. The summed E-state index contributed by atoms with van der Waals surface area (Å²) in [5, 5.41) is 12.2. The highest BCUT2D eigenvalue weighted by atomic mass is 79.9. The predicted molar refractivity (Wildman–Crippen MR) is 52.4 cm³/mol. The van der Waals surface area contributed by atoms with Gasteiger partial charge in [-0.15, -0.1) is 0 Å². The molecule has 1 aliphatic rings. The van der Waals surface area contributed by atoms with Crippen LogP contribution in [0.15, 0.2) is 17.0 Å². The molecule has 1 saturated carbocycles. The molecule has 0 atom stereocenters. The first-order chi connectivity index (χ1) is 6.24. The number of halogens is 1. The number of aliphatic hydroxyl groups excluding tert-OH is 1. The minimum atomic E-state index is -0.123. The van der Waals surface area contributed by atoms with Gasteiger partial charge in [-0.25, -0.2) is 9.97 Å². The number of nitrogens with zero attached hydrogens (tertiary/aromatic N) is 2. The van der Waals surface area contributed by atoms with Crippen molar-refractivity contribution >= 4 is 21.7 Å². The van der Waals surface area contributed by atoms with Crippen molar-refractivity contribution in [1.82, 2.24) is 9.97 Å². The average molecular weight is 244 g/mol. The maximum atomic E-state index is 9.05. The van der Waals surface area contributed by atoms with E-state index in [0.29, 0.717) is 4.60 Å². The van der Waals surface area contributed by atoms with Crippen LogP contribution >= 0.6 is 15.9 Å². The van der Waals surface area contributed by atoms with Crippen molar-refractivity contribution in [3.05, 3.63) is 17.0 Å². The van der Waals surface area contributed by atoms with E-state index in [4.69, 9.17) is 5.11 Å². The van der Waals surface area contributed by atoms with Crippen molar-refractivity contribution < 1.29 is 5.11 Å². The van der Waals surface area contributed by atoms with Crippen LogP contribution in [0.1, 0.15) is 12.8 Å². The molecular weight excluding hydrogens is 234 g/mol. The van der Waals surface area contributed by atoms with E-state index < -0.39 is 0 Å². The van der Waals surface area contributed by atoms with Crippen LogP contribution in [0.4, 0.5) is 5.82 Å². The molecule has 13 heavy (non-hydrogen) atoms. The normalized spacial score (nSPS) is 18.3. The average Bonchev–Trinajstić information content (AvgIpc) is 2.90. The summed E-state index contributed by atoms with van der Waals surface area (Å²) < 4.78 is 0.715. The molecule has 1 aromatic rings. The Kier molecular flexibility index (Phi) is 2.21. The van der Waals surface area contributed by atoms with Gasteiger partial charge in [-0.1, -0.05) is 0 Å². The van der Waals surface area contributed by atoms with Crippen LogP contribution < -0.4 is 5.32 Å². The Bertz CT molecular complexity index is 297. The number of aliphatic hydroxyl groups is 1. The summed E-state index contributed by atoms with van der Waals surface area (Å²) in [4.78, 5) is 8.16. The van der Waals surface area contributed by atoms with Gasteiger partial charge in [0.15, 0.2) is 0 Å². The molecule has 0 unspecified atom stereocenters. The predicted octanol–water partition coefficient (Wildman–Crippen LogP) is 1.18. The highest BCUT2D eigenvalue weighted by Crippen LogP contribution is 2.37. The van der Waals surface area contributed by atoms with Gasteiger partial charge in [0.2, 0.25) is 0 Å². The summed E-state index contributed by atoms with van der Waals surface area (Å²) in [7, 11) is 0. The van der Waals surface area contributed by atoms with E-state index in [1.807, 2.05) is 0 Å². The lowest BCUT2D eigenvalue weighted by molar-refractivity contribution is 0.266. The topological polar surface area (TPSA) is 58.0 Å². The van der Waals surface area contributed by atoms with Crippen LogP contribution in [0.25, 0.3) is 0 Å². The Morgan fingerprint density at radius 3 is 2.69 bits per heavy atom. The first-order valence-electron chi connectivity index (χ1n) is 4.11. The van der Waals surface area contributed by atoms with E-state index in [2.05, 4.69) is 31.2 Å². The van der Waals surface area contributed by atoms with Gasteiger partial charge in [0.25, 0.3) is 0 Å². The van der Waals surface area contributed by atoms with Crippen molar-refractivity contribution in [2.45, 2.75) is 18.4 Å². The van der Waals surface area contributed by atoms with E-state index in [0.717, 1.165) is 18.7 Å². The summed E-state index contributed by atoms with van der Waals surface area (Å²) in [5.74, 6) is 0.717. The summed E-state index contributed by atoms with van der Waals surface area (Å²) in [6, 6.07) is 0. The maximum Gasteiger partial charge on any atom is 0.145 e. The highest BCUT2D eigenvalue weighted by Gasteiger charge is 2.42. The quantitative estimate of drug-likeness (QED) is 0.838. The number of hydrogen-bond donors (Lipinski definition) is 2. The Balaban J connectivity index is 2.06. The van der Waals surface area contributed by atoms with Crippen molar-refractivity contribution in [1.29, 1.82) is 0 Å². The Hall–Kier alpha value is -0.680. The van der Waals surface area contributed by atoms with Gasteiger partial charge in [-0.3, -0.25) is 0 Å². The Labute approximate surface area is 84.5 Å². The fraction of sp³-hybridized carbons (Fsp3) is 0.500. The third-order valence-electron chi connectivity index (χ3n) is 2.17. The van der Waals surface area contributed by atoms with E-state index in [1.54, 1.807) is 12.4 Å². The Morgan fingerprint density at radius 1 is 1.46 bits per heavy atom. The number of hydrogen-bond acceptors (Lipinski definition) is 4. The fourth-order valence-electron chi connectivity index (χ4n) is 1.12. The molecule has 1 aromatic heterocycles. The summed E-state index contributed by atoms with van der Waals surface area (Å²) >= 11 is 3.21. The highest BCUT2D eigenvalue weighted by molar-refractivity contribution is 9.10. The molecule has 2 N–H and O–H groups in total. The van der Waals surface area contributed by atoms with Gasteiger partial charge < -0.3 is 10.4 Å². The molecule has 0 spiro atoms. The van der Waals surface area contributed by atoms with E-state index in [1.165, 1.54) is 0 Å². The van der Waals surface area contributed by atoms with Gasteiger partial charge in [0, 0.05) is 0 Å². The van der Waals surface area contributed by atoms with Crippen LogP contribution in [0, 0.1) is 0 Å². The largest absolute Gasteiger partial charge is 0.394 e. The fourth-order valence-corrected chi connectivity index (χ4v) is 1.33. The zero-order valence-corrected chi connectivity index (χ0v) is 8.58. The number of aromatic nitrogens is 2. The van der Waals surface area contributed by atoms with Gasteiger partial charge >= 0.3 is 0 Å². The van der Waals surface area contributed by atoms with Crippen molar-refractivity contribution in [2.75, 3.05) is 11.9 Å². The SMILES string of the molecule is OCC1(Nc2cnc(Br)cn2)CC1. The lowest BCUT2D eigenvalue weighted by atomic mass is 10.3. The molecule has 2 rings (SSSR count). The van der Waals surface area contributed by atoms with Crippen LogP contribution in [-0.4, -0.2) is 27.2 Å². The van der Waals surface area contributed by atoms with E-state index >= 15 is 0 Å². The molecule has 4 nitrogen and oxygen atoms in total. The molecular formula is C8H10BrN3O. The molecule has 0 aromatic carbocycles. The second-order valence-electron chi connectivity index (χ2n) is 3.29. The van der Waals surface area contributed by atoms with E-state index in [-0.39, 0.29) is 12.1 Å². The summed E-state index contributed by atoms with van der Waals surface area (Å²) in [5.41, 5.74) is -0.123. The molecule has 1 fully saturated rings. The van der Waals surface area contributed by atoms with Crippen molar-refractivity contribution in [3.63, 3.8) is 0 Å². The van der Waals surface area contributed by atoms with Crippen LogP contribution in [0.3, 0.4) is 0 Å². The first-order valence-corrected chi connectivity index (χ1v) is 4.90. The van der Waals surface area contributed by atoms with Crippen molar-refractivity contribution in [3.8, 4) is 0 Å². The molecule has 0 amide bonds. The standard InChI is InChI=1S/C8H10BrN3O/c9-6-3-11-7(4-10-6)12-8(5-13)1-2-8/h3-4,13H,1-2,5H2,(H,11,12). The lowest BCUT2D eigenvalue weighted by Crippen LogP contribution is -2.26. The number of anilines is 1. The molecule has 0 saturated heterocycles. The van der Waals surface area contributed by atoms with Crippen LogP contribution in [0.5, 0.6) is 0 Å². The minimum absolute atomic E-state index is 0.123. The Morgan fingerprint density at radius 2 is 2.23 bits per heavy atom. The van der Waals surface area contributed by atoms with E-state index in [9.17, 15) is 0 Å². The zero-order chi connectivity index (χ0) is 9.31. The van der Waals surface area contributed by atoms with Gasteiger partial charge in [-0.05, 0) is 28.8 Å². The summed E-state index contributed by atoms with van der Waals surface area (Å²) in [6.45, 7) is 0.157. The molecule has 1 aliphatic carbocycles. The summed E-state index contributed by atoms with van der Waals surface area (Å²) in [6.07, 6.45) is 5.29. The third-order valence-corrected chi connectivity index (χ3v) is 2.58. The van der Waals surface area contributed by atoms with Crippen LogP contribution in [-0.2, 0) is 0 Å². The molecule has 1 heterocycles. The second kappa shape index (κ2) is 3.23. The first kappa shape index (κ1) is 8.90.